The molecule has 0 aliphatic carbocycles. The molecule has 0 saturated heterocycles. The molecular formula is C11H15N3O2. The van der Waals surface area contributed by atoms with Crippen molar-refractivity contribution in [2.45, 2.75) is 13.3 Å². The van der Waals surface area contributed by atoms with Gasteiger partial charge in [0.1, 0.15) is 0 Å². The van der Waals surface area contributed by atoms with Crippen molar-refractivity contribution in [1.29, 1.82) is 0 Å². The van der Waals surface area contributed by atoms with Crippen molar-refractivity contribution >= 4 is 23.2 Å². The van der Waals surface area contributed by atoms with Crippen molar-refractivity contribution in [3.8, 4) is 0 Å². The van der Waals surface area contributed by atoms with Gasteiger partial charge in [-0.05, 0) is 24.3 Å². The third kappa shape index (κ3) is 3.70. The molecule has 1 aromatic rings. The van der Waals surface area contributed by atoms with Gasteiger partial charge in [0.15, 0.2) is 0 Å². The van der Waals surface area contributed by atoms with Crippen LogP contribution in [0.5, 0.6) is 0 Å². The number of hydrogen-bond donors (Lipinski definition) is 3. The summed E-state index contributed by atoms with van der Waals surface area (Å²) in [6.45, 7) is 1.74. The summed E-state index contributed by atoms with van der Waals surface area (Å²) in [4.78, 5) is 22.1. The van der Waals surface area contributed by atoms with E-state index in [1.807, 2.05) is 0 Å². The molecule has 0 atom stereocenters. The average Bonchev–Trinajstić information content (AvgIpc) is 2.31. The summed E-state index contributed by atoms with van der Waals surface area (Å²) in [6.07, 6.45) is 0.436. The maximum atomic E-state index is 11.1. The quantitative estimate of drug-likeness (QED) is 0.707. The Balaban J connectivity index is 2.60. The van der Waals surface area contributed by atoms with Crippen LogP contribution in [0.15, 0.2) is 24.3 Å². The van der Waals surface area contributed by atoms with Crippen LogP contribution in [0.3, 0.4) is 0 Å². The number of nitrogens with two attached hydrogens (primary N) is 1. The minimum Gasteiger partial charge on any atom is -0.326 e. The lowest BCUT2D eigenvalue weighted by atomic mass is 10.2. The van der Waals surface area contributed by atoms with Crippen LogP contribution in [-0.2, 0) is 9.59 Å². The molecular weight excluding hydrogens is 206 g/mol. The lowest BCUT2D eigenvalue weighted by molar-refractivity contribution is -0.116. The van der Waals surface area contributed by atoms with E-state index < -0.39 is 0 Å². The molecule has 2 amide bonds. The molecule has 0 unspecified atom stereocenters. The minimum absolute atomic E-state index is 0.0428. The van der Waals surface area contributed by atoms with Crippen LogP contribution in [0.4, 0.5) is 11.4 Å². The molecule has 0 heterocycles. The minimum atomic E-state index is -0.245. The Labute approximate surface area is 94.0 Å². The second-order valence-corrected chi connectivity index (χ2v) is 3.23. The highest BCUT2D eigenvalue weighted by Crippen LogP contribution is 2.13. The van der Waals surface area contributed by atoms with Crippen LogP contribution in [0.25, 0.3) is 0 Å². The number of hydrogen-bond acceptors (Lipinski definition) is 3. The molecule has 4 N–H and O–H groups in total. The van der Waals surface area contributed by atoms with Gasteiger partial charge in [-0.15, -0.1) is 0 Å². The Morgan fingerprint density at radius 1 is 1.06 bits per heavy atom. The SMILES string of the molecule is CCC(=O)Nc1ccc(NC(=O)CN)cc1. The van der Waals surface area contributed by atoms with Gasteiger partial charge in [-0.2, -0.15) is 0 Å². The summed E-state index contributed by atoms with van der Waals surface area (Å²) >= 11 is 0. The maximum absolute atomic E-state index is 11.1. The zero-order valence-corrected chi connectivity index (χ0v) is 9.12. The molecule has 5 nitrogen and oxygen atoms in total. The molecule has 0 fully saturated rings. The fourth-order valence-corrected chi connectivity index (χ4v) is 1.10. The molecule has 0 radical (unpaired) electrons. The molecule has 0 aliphatic heterocycles. The Morgan fingerprint density at radius 2 is 1.50 bits per heavy atom. The van der Waals surface area contributed by atoms with Gasteiger partial charge in [0.05, 0.1) is 6.54 Å². The van der Waals surface area contributed by atoms with E-state index in [1.165, 1.54) is 0 Å². The van der Waals surface area contributed by atoms with E-state index in [1.54, 1.807) is 31.2 Å². The summed E-state index contributed by atoms with van der Waals surface area (Å²) in [5.74, 6) is -0.288. The van der Waals surface area contributed by atoms with E-state index >= 15 is 0 Å². The second-order valence-electron chi connectivity index (χ2n) is 3.23. The number of nitrogens with one attached hydrogen (secondary N) is 2. The van der Waals surface area contributed by atoms with E-state index in [4.69, 9.17) is 5.73 Å². The molecule has 1 rings (SSSR count). The Bertz CT molecular complexity index is 336. The molecule has 0 aromatic heterocycles. The third-order valence-corrected chi connectivity index (χ3v) is 1.96. The highest BCUT2D eigenvalue weighted by atomic mass is 16.2. The number of carbonyl (C=O) groups is 2. The van der Waals surface area contributed by atoms with Gasteiger partial charge in [0.2, 0.25) is 11.8 Å². The van der Waals surface area contributed by atoms with E-state index in [-0.39, 0.29) is 18.4 Å². The van der Waals surface area contributed by atoms with Crippen LogP contribution >= 0.6 is 0 Å². The van der Waals surface area contributed by atoms with Gasteiger partial charge in [0, 0.05) is 17.8 Å². The summed E-state index contributed by atoms with van der Waals surface area (Å²) in [6, 6.07) is 6.86. The van der Waals surface area contributed by atoms with Gasteiger partial charge in [-0.1, -0.05) is 6.92 Å². The predicted octanol–water partition coefficient (Wildman–Crippen LogP) is 0.932. The van der Waals surface area contributed by atoms with Gasteiger partial charge >= 0.3 is 0 Å². The largest absolute Gasteiger partial charge is 0.326 e. The summed E-state index contributed by atoms with van der Waals surface area (Å²) in [5, 5.41) is 5.32. The Kier molecular flexibility index (Phi) is 4.47. The molecule has 0 spiro atoms. The van der Waals surface area contributed by atoms with Gasteiger partial charge in [-0.3, -0.25) is 9.59 Å². The smallest absolute Gasteiger partial charge is 0.238 e. The molecule has 0 aliphatic rings. The van der Waals surface area contributed by atoms with Gasteiger partial charge in [0.25, 0.3) is 0 Å². The van der Waals surface area contributed by atoms with E-state index in [9.17, 15) is 9.59 Å². The Morgan fingerprint density at radius 3 is 1.88 bits per heavy atom. The monoisotopic (exact) mass is 221 g/mol. The highest BCUT2D eigenvalue weighted by Gasteiger charge is 2.00. The second kappa shape index (κ2) is 5.87. The summed E-state index contributed by atoms with van der Waals surface area (Å²) in [7, 11) is 0. The number of anilines is 2. The van der Waals surface area contributed by atoms with Gasteiger partial charge < -0.3 is 16.4 Å². The topological polar surface area (TPSA) is 84.2 Å². The normalized spacial score (nSPS) is 9.62. The van der Waals surface area contributed by atoms with E-state index in [2.05, 4.69) is 10.6 Å². The summed E-state index contributed by atoms with van der Waals surface area (Å²) in [5.41, 5.74) is 6.53. The summed E-state index contributed by atoms with van der Waals surface area (Å²) < 4.78 is 0. The fourth-order valence-electron chi connectivity index (χ4n) is 1.10. The first-order valence-corrected chi connectivity index (χ1v) is 5.05. The number of carbonyl (C=O) groups excluding carboxylic acids is 2. The average molecular weight is 221 g/mol. The van der Waals surface area contributed by atoms with Crippen molar-refractivity contribution in [1.82, 2.24) is 0 Å². The fraction of sp³-hybridized carbons (Fsp3) is 0.273. The first-order valence-electron chi connectivity index (χ1n) is 5.05. The van der Waals surface area contributed by atoms with Crippen LogP contribution in [-0.4, -0.2) is 18.4 Å². The third-order valence-electron chi connectivity index (χ3n) is 1.96. The van der Waals surface area contributed by atoms with Crippen molar-refractivity contribution in [3.63, 3.8) is 0 Å². The molecule has 5 heteroatoms. The number of rotatable bonds is 4. The van der Waals surface area contributed by atoms with Crippen molar-refractivity contribution in [2.75, 3.05) is 17.2 Å². The molecule has 0 saturated carbocycles. The van der Waals surface area contributed by atoms with Crippen LogP contribution in [0, 0.1) is 0 Å². The van der Waals surface area contributed by atoms with Crippen molar-refractivity contribution in [2.24, 2.45) is 5.73 Å². The lowest BCUT2D eigenvalue weighted by Gasteiger charge is -2.06. The van der Waals surface area contributed by atoms with Crippen molar-refractivity contribution in [3.05, 3.63) is 24.3 Å². The standard InChI is InChI=1S/C11H15N3O2/c1-2-10(15)13-8-3-5-9(6-4-8)14-11(16)7-12/h3-6H,2,7,12H2,1H3,(H,13,15)(H,14,16). The highest BCUT2D eigenvalue weighted by molar-refractivity contribution is 5.93. The van der Waals surface area contributed by atoms with Crippen LogP contribution < -0.4 is 16.4 Å². The van der Waals surface area contributed by atoms with E-state index in [0.29, 0.717) is 17.8 Å². The number of amides is 2. The van der Waals surface area contributed by atoms with Crippen LogP contribution in [0.1, 0.15) is 13.3 Å². The van der Waals surface area contributed by atoms with E-state index in [0.717, 1.165) is 0 Å². The zero-order chi connectivity index (χ0) is 12.0. The molecule has 1 aromatic carbocycles. The van der Waals surface area contributed by atoms with Crippen molar-refractivity contribution < 1.29 is 9.59 Å². The molecule has 86 valence electrons. The zero-order valence-electron chi connectivity index (χ0n) is 9.12. The lowest BCUT2D eigenvalue weighted by Crippen LogP contribution is -2.21. The number of benzene rings is 1. The maximum Gasteiger partial charge on any atom is 0.238 e. The van der Waals surface area contributed by atoms with Crippen LogP contribution in [0.2, 0.25) is 0 Å². The predicted molar refractivity (Wildman–Crippen MR) is 63.0 cm³/mol. The first-order chi connectivity index (χ1) is 7.65. The Hall–Kier alpha value is -1.88. The molecule has 0 bridgehead atoms. The van der Waals surface area contributed by atoms with Gasteiger partial charge in [-0.25, -0.2) is 0 Å². The molecule has 16 heavy (non-hydrogen) atoms. The first kappa shape index (κ1) is 12.2.